The summed E-state index contributed by atoms with van der Waals surface area (Å²) in [5.74, 6) is -0.808. The number of aliphatic hydroxyl groups excluding tert-OH is 1. The number of rotatable bonds is 3. The smallest absolute Gasteiger partial charge is 0.241 e. The molecule has 1 aromatic heterocycles. The maximum absolute atomic E-state index is 14.0. The van der Waals surface area contributed by atoms with Gasteiger partial charge in [-0.25, -0.2) is 14.1 Å². The highest BCUT2D eigenvalue weighted by atomic mass is 35.5. The van der Waals surface area contributed by atoms with Crippen LogP contribution in [0.2, 0.25) is 0 Å². The quantitative estimate of drug-likeness (QED) is 0.763. The van der Waals surface area contributed by atoms with Crippen molar-refractivity contribution in [2.75, 3.05) is 11.9 Å². The number of β-amino-alcohol motifs (C(OH)–C–C–N with tert-alkyl or cyclic N) is 1. The molecule has 118 valence electrons. The van der Waals surface area contributed by atoms with Crippen LogP contribution in [0.1, 0.15) is 6.42 Å². The molecule has 0 radical (unpaired) electrons. The van der Waals surface area contributed by atoms with Gasteiger partial charge < -0.3 is 15.7 Å². The highest BCUT2D eigenvalue weighted by Crippen LogP contribution is 2.18. The number of hydrogen-bond donors (Lipinski definition) is 3. The van der Waals surface area contributed by atoms with E-state index in [1.54, 1.807) is 6.07 Å². The molecular formula is C13H15ClFN5O2. The molecule has 9 heteroatoms. The third-order valence-corrected chi connectivity index (χ3v) is 3.30. The Hall–Kier alpha value is -2.03. The molecule has 3 rings (SSSR count). The first kappa shape index (κ1) is 16.3. The van der Waals surface area contributed by atoms with Crippen LogP contribution in [0, 0.1) is 5.82 Å². The monoisotopic (exact) mass is 327 g/mol. The molecule has 2 atom stereocenters. The molecule has 2 aromatic rings. The lowest BCUT2D eigenvalue weighted by atomic mass is 10.2. The molecule has 1 aromatic carbocycles. The minimum absolute atomic E-state index is 0. The second-order valence-corrected chi connectivity index (χ2v) is 4.85. The zero-order valence-electron chi connectivity index (χ0n) is 11.4. The summed E-state index contributed by atoms with van der Waals surface area (Å²) < 4.78 is 15.3. The fraction of sp³-hybridized carbons (Fsp3) is 0.308. The standard InChI is InChI=1S/C13H14FN5O2.ClH/c14-10-3-8(1-2-12(10)19-7-15-6-17-19)18-13(21)11-4-9(20)5-16-11;/h1-3,6-7,9,11,16,20H,4-5H2,(H,18,21);1H. The first-order chi connectivity index (χ1) is 10.1. The molecule has 7 nitrogen and oxygen atoms in total. The normalized spacial score (nSPS) is 20.5. The van der Waals surface area contributed by atoms with Gasteiger partial charge in [0.15, 0.2) is 5.82 Å². The number of nitrogens with zero attached hydrogens (tertiary/aromatic N) is 3. The molecule has 2 heterocycles. The molecular weight excluding hydrogens is 313 g/mol. The number of nitrogens with one attached hydrogen (secondary N) is 2. The van der Waals surface area contributed by atoms with E-state index in [0.29, 0.717) is 18.7 Å². The molecule has 3 N–H and O–H groups in total. The van der Waals surface area contributed by atoms with E-state index in [4.69, 9.17) is 0 Å². The number of aliphatic hydroxyl groups is 1. The number of benzene rings is 1. The van der Waals surface area contributed by atoms with Gasteiger partial charge in [-0.15, -0.1) is 12.4 Å². The molecule has 1 aliphatic rings. The van der Waals surface area contributed by atoms with Gasteiger partial charge >= 0.3 is 0 Å². The van der Waals surface area contributed by atoms with Crippen molar-refractivity contribution in [2.24, 2.45) is 0 Å². The van der Waals surface area contributed by atoms with Crippen molar-refractivity contribution in [3.05, 3.63) is 36.7 Å². The van der Waals surface area contributed by atoms with Crippen molar-refractivity contribution < 1.29 is 14.3 Å². The predicted molar refractivity (Wildman–Crippen MR) is 79.6 cm³/mol. The maximum Gasteiger partial charge on any atom is 0.241 e. The van der Waals surface area contributed by atoms with E-state index < -0.39 is 18.0 Å². The molecule has 0 bridgehead atoms. The van der Waals surface area contributed by atoms with Crippen molar-refractivity contribution in [1.29, 1.82) is 0 Å². The van der Waals surface area contributed by atoms with E-state index in [-0.39, 0.29) is 24.0 Å². The summed E-state index contributed by atoms with van der Waals surface area (Å²) in [6.45, 7) is 0.387. The Morgan fingerprint density at radius 2 is 2.32 bits per heavy atom. The Labute approximate surface area is 132 Å². The van der Waals surface area contributed by atoms with Gasteiger partial charge in [0.2, 0.25) is 5.91 Å². The van der Waals surface area contributed by atoms with Gasteiger partial charge in [-0.2, -0.15) is 5.10 Å². The second kappa shape index (κ2) is 6.82. The van der Waals surface area contributed by atoms with Crippen LogP contribution in [-0.4, -0.2) is 44.5 Å². The van der Waals surface area contributed by atoms with Gasteiger partial charge in [0.1, 0.15) is 18.3 Å². The Morgan fingerprint density at radius 3 is 2.91 bits per heavy atom. The van der Waals surface area contributed by atoms with E-state index in [2.05, 4.69) is 20.7 Å². The molecule has 0 saturated carbocycles. The molecule has 22 heavy (non-hydrogen) atoms. The van der Waals surface area contributed by atoms with Crippen molar-refractivity contribution >= 4 is 24.0 Å². The number of carbonyl (C=O) groups is 1. The van der Waals surface area contributed by atoms with Crippen LogP contribution in [0.15, 0.2) is 30.9 Å². The number of amides is 1. The SMILES string of the molecule is Cl.O=C(Nc1ccc(-n2cncn2)c(F)c1)C1CC(O)CN1. The van der Waals surface area contributed by atoms with Crippen molar-refractivity contribution in [2.45, 2.75) is 18.6 Å². The molecule has 1 saturated heterocycles. The summed E-state index contributed by atoms with van der Waals surface area (Å²) in [7, 11) is 0. The van der Waals surface area contributed by atoms with Crippen LogP contribution in [-0.2, 0) is 4.79 Å². The molecule has 0 aliphatic carbocycles. The summed E-state index contributed by atoms with van der Waals surface area (Å²) in [6, 6.07) is 3.86. The third kappa shape index (κ3) is 3.41. The van der Waals surface area contributed by atoms with Crippen LogP contribution >= 0.6 is 12.4 Å². The van der Waals surface area contributed by atoms with Gasteiger partial charge in [0.05, 0.1) is 12.1 Å². The first-order valence-corrected chi connectivity index (χ1v) is 6.50. The zero-order chi connectivity index (χ0) is 14.8. The molecule has 1 fully saturated rings. The lowest BCUT2D eigenvalue weighted by Crippen LogP contribution is -2.35. The van der Waals surface area contributed by atoms with Gasteiger partial charge in [-0.05, 0) is 24.6 Å². The van der Waals surface area contributed by atoms with E-state index in [1.165, 1.54) is 29.5 Å². The highest BCUT2D eigenvalue weighted by Gasteiger charge is 2.28. The number of aromatic nitrogens is 3. The van der Waals surface area contributed by atoms with E-state index in [1.807, 2.05) is 0 Å². The summed E-state index contributed by atoms with van der Waals surface area (Å²) in [6.07, 6.45) is 2.53. The fourth-order valence-electron chi connectivity index (χ4n) is 2.25. The van der Waals surface area contributed by atoms with Crippen molar-refractivity contribution in [1.82, 2.24) is 20.1 Å². The fourth-order valence-corrected chi connectivity index (χ4v) is 2.25. The lowest BCUT2D eigenvalue weighted by molar-refractivity contribution is -0.117. The van der Waals surface area contributed by atoms with Crippen LogP contribution in [0.25, 0.3) is 5.69 Å². The largest absolute Gasteiger partial charge is 0.392 e. The van der Waals surface area contributed by atoms with E-state index in [0.717, 1.165) is 0 Å². The van der Waals surface area contributed by atoms with E-state index >= 15 is 0 Å². The second-order valence-electron chi connectivity index (χ2n) is 4.85. The average molecular weight is 328 g/mol. The van der Waals surface area contributed by atoms with Gasteiger partial charge in [-0.1, -0.05) is 0 Å². The summed E-state index contributed by atoms with van der Waals surface area (Å²) in [4.78, 5) is 15.7. The Kier molecular flexibility index (Phi) is 5.07. The Morgan fingerprint density at radius 1 is 1.50 bits per heavy atom. The molecule has 1 aliphatic heterocycles. The molecule has 1 amide bonds. The first-order valence-electron chi connectivity index (χ1n) is 6.50. The van der Waals surface area contributed by atoms with Crippen molar-refractivity contribution in [3.63, 3.8) is 0 Å². The van der Waals surface area contributed by atoms with Crippen LogP contribution in [0.5, 0.6) is 0 Å². The summed E-state index contributed by atoms with van der Waals surface area (Å²) in [5, 5.41) is 18.7. The number of anilines is 1. The predicted octanol–water partition coefficient (Wildman–Crippen LogP) is 0.489. The number of carbonyl (C=O) groups excluding carboxylic acids is 1. The van der Waals surface area contributed by atoms with Gasteiger partial charge in [0, 0.05) is 12.2 Å². The van der Waals surface area contributed by atoms with Gasteiger partial charge in [0.25, 0.3) is 0 Å². The van der Waals surface area contributed by atoms with Crippen LogP contribution < -0.4 is 10.6 Å². The number of halogens is 2. The van der Waals surface area contributed by atoms with Crippen molar-refractivity contribution in [3.8, 4) is 5.69 Å². The lowest BCUT2D eigenvalue weighted by Gasteiger charge is -2.12. The maximum atomic E-state index is 14.0. The molecule has 2 unspecified atom stereocenters. The van der Waals surface area contributed by atoms with Gasteiger partial charge in [-0.3, -0.25) is 4.79 Å². The minimum Gasteiger partial charge on any atom is -0.392 e. The molecule has 0 spiro atoms. The Balaban J connectivity index is 0.00000176. The average Bonchev–Trinajstić information content (AvgIpc) is 3.10. The topological polar surface area (TPSA) is 92.1 Å². The third-order valence-electron chi connectivity index (χ3n) is 3.30. The summed E-state index contributed by atoms with van der Waals surface area (Å²) in [5.41, 5.74) is 0.601. The Bertz CT molecular complexity index is 652. The zero-order valence-corrected chi connectivity index (χ0v) is 12.3. The van der Waals surface area contributed by atoms with Crippen LogP contribution in [0.3, 0.4) is 0 Å². The van der Waals surface area contributed by atoms with E-state index in [9.17, 15) is 14.3 Å². The minimum atomic E-state index is -0.521. The number of hydrogen-bond acceptors (Lipinski definition) is 5. The highest BCUT2D eigenvalue weighted by molar-refractivity contribution is 5.95. The van der Waals surface area contributed by atoms with Crippen LogP contribution in [0.4, 0.5) is 10.1 Å². The summed E-state index contributed by atoms with van der Waals surface area (Å²) >= 11 is 0.